The fraction of sp³-hybridized carbons (Fsp3) is 0.227. The van der Waals surface area contributed by atoms with Crippen LogP contribution in [-0.4, -0.2) is 22.7 Å². The summed E-state index contributed by atoms with van der Waals surface area (Å²) in [5.74, 6) is 1.42. The van der Waals surface area contributed by atoms with Crippen molar-refractivity contribution in [2.45, 2.75) is 26.7 Å². The molecule has 0 saturated heterocycles. The number of carbonyl (C=O) groups excluding carboxylic acids is 1. The average molecular weight is 390 g/mol. The molecule has 1 aromatic heterocycles. The Morgan fingerprint density at radius 1 is 1.03 bits per heavy atom. The SMILES string of the molecule is CCc1cccc(CC)c1NC(=O)c1ccnc(Nc2ccc3c(c2)OCO3)n1. The molecule has 0 atom stereocenters. The van der Waals surface area contributed by atoms with E-state index in [1.54, 1.807) is 12.3 Å². The number of para-hydroxylation sites is 1. The highest BCUT2D eigenvalue weighted by molar-refractivity contribution is 6.03. The summed E-state index contributed by atoms with van der Waals surface area (Å²) >= 11 is 0. The van der Waals surface area contributed by atoms with Gasteiger partial charge in [0.1, 0.15) is 5.69 Å². The Kier molecular flexibility index (Phi) is 5.29. The van der Waals surface area contributed by atoms with Crippen LogP contribution in [0.5, 0.6) is 11.5 Å². The molecule has 0 radical (unpaired) electrons. The fourth-order valence-electron chi connectivity index (χ4n) is 3.23. The highest BCUT2D eigenvalue weighted by atomic mass is 16.7. The van der Waals surface area contributed by atoms with Gasteiger partial charge in [-0.15, -0.1) is 0 Å². The van der Waals surface area contributed by atoms with Crippen molar-refractivity contribution in [2.75, 3.05) is 17.4 Å². The van der Waals surface area contributed by atoms with E-state index in [4.69, 9.17) is 9.47 Å². The van der Waals surface area contributed by atoms with Crippen molar-refractivity contribution in [3.05, 3.63) is 65.5 Å². The third-order valence-corrected chi connectivity index (χ3v) is 4.75. The van der Waals surface area contributed by atoms with Crippen molar-refractivity contribution >= 4 is 23.2 Å². The van der Waals surface area contributed by atoms with E-state index < -0.39 is 0 Å². The van der Waals surface area contributed by atoms with Gasteiger partial charge in [-0.3, -0.25) is 4.79 Å². The Balaban J connectivity index is 1.54. The monoisotopic (exact) mass is 390 g/mol. The van der Waals surface area contributed by atoms with Gasteiger partial charge in [-0.25, -0.2) is 9.97 Å². The largest absolute Gasteiger partial charge is 0.454 e. The highest BCUT2D eigenvalue weighted by Gasteiger charge is 2.16. The van der Waals surface area contributed by atoms with Crippen LogP contribution in [0.3, 0.4) is 0 Å². The fourth-order valence-corrected chi connectivity index (χ4v) is 3.23. The van der Waals surface area contributed by atoms with Crippen molar-refractivity contribution in [1.82, 2.24) is 9.97 Å². The van der Waals surface area contributed by atoms with Gasteiger partial charge in [0.15, 0.2) is 11.5 Å². The van der Waals surface area contributed by atoms with E-state index in [9.17, 15) is 4.79 Å². The van der Waals surface area contributed by atoms with E-state index in [1.807, 2.05) is 36.4 Å². The summed E-state index contributed by atoms with van der Waals surface area (Å²) in [5.41, 5.74) is 4.11. The van der Waals surface area contributed by atoms with Crippen molar-refractivity contribution in [2.24, 2.45) is 0 Å². The molecular formula is C22H22N4O3. The van der Waals surface area contributed by atoms with Crippen LogP contribution in [0.1, 0.15) is 35.5 Å². The molecule has 3 aromatic rings. The molecule has 4 rings (SSSR count). The van der Waals surface area contributed by atoms with Gasteiger partial charge in [-0.1, -0.05) is 32.0 Å². The molecule has 2 N–H and O–H groups in total. The zero-order valence-corrected chi connectivity index (χ0v) is 16.4. The lowest BCUT2D eigenvalue weighted by molar-refractivity contribution is 0.102. The minimum absolute atomic E-state index is 0.212. The molecule has 0 bridgehead atoms. The number of fused-ring (bicyclic) bond motifs is 1. The van der Waals surface area contributed by atoms with Gasteiger partial charge in [0.25, 0.3) is 5.91 Å². The lowest BCUT2D eigenvalue weighted by Gasteiger charge is -2.14. The molecule has 148 valence electrons. The van der Waals surface area contributed by atoms with Crippen LogP contribution in [-0.2, 0) is 12.8 Å². The molecule has 7 heteroatoms. The van der Waals surface area contributed by atoms with Gasteiger partial charge in [0, 0.05) is 23.6 Å². The predicted octanol–water partition coefficient (Wildman–Crippen LogP) is 4.33. The maximum Gasteiger partial charge on any atom is 0.274 e. The van der Waals surface area contributed by atoms with Gasteiger partial charge in [0.05, 0.1) is 0 Å². The molecule has 0 spiro atoms. The predicted molar refractivity (Wildman–Crippen MR) is 111 cm³/mol. The van der Waals surface area contributed by atoms with E-state index in [1.165, 1.54) is 0 Å². The lowest BCUT2D eigenvalue weighted by Crippen LogP contribution is -2.17. The first-order chi connectivity index (χ1) is 14.2. The molecule has 2 aromatic carbocycles. The van der Waals surface area contributed by atoms with Gasteiger partial charge in [-0.05, 0) is 42.2 Å². The zero-order valence-electron chi connectivity index (χ0n) is 16.4. The van der Waals surface area contributed by atoms with Crippen LogP contribution in [0.4, 0.5) is 17.3 Å². The number of aryl methyl sites for hydroxylation is 2. The summed E-state index contributed by atoms with van der Waals surface area (Å²) in [4.78, 5) is 21.4. The Morgan fingerprint density at radius 2 is 1.79 bits per heavy atom. The summed E-state index contributed by atoms with van der Waals surface area (Å²) in [7, 11) is 0. The smallest absolute Gasteiger partial charge is 0.274 e. The van der Waals surface area contributed by atoms with Crippen molar-refractivity contribution in [3.63, 3.8) is 0 Å². The standard InChI is InChI=1S/C22H22N4O3/c1-3-14-6-5-7-15(4-2)20(14)26-21(27)17-10-11-23-22(25-17)24-16-8-9-18-19(12-16)29-13-28-18/h5-12H,3-4,13H2,1-2H3,(H,26,27)(H,23,24,25). The topological polar surface area (TPSA) is 85.4 Å². The van der Waals surface area contributed by atoms with Crippen LogP contribution in [0, 0.1) is 0 Å². The number of rotatable bonds is 6. The quantitative estimate of drug-likeness (QED) is 0.652. The number of amides is 1. The van der Waals surface area contributed by atoms with Gasteiger partial charge in [0.2, 0.25) is 12.7 Å². The molecule has 1 aliphatic heterocycles. The third kappa shape index (κ3) is 3.99. The second kappa shape index (κ2) is 8.18. The Bertz CT molecular complexity index is 1030. The van der Waals surface area contributed by atoms with Crippen molar-refractivity contribution in [1.29, 1.82) is 0 Å². The molecule has 0 aliphatic carbocycles. The van der Waals surface area contributed by atoms with Crippen LogP contribution in [0.25, 0.3) is 0 Å². The molecule has 0 fully saturated rings. The Morgan fingerprint density at radius 3 is 2.55 bits per heavy atom. The zero-order chi connectivity index (χ0) is 20.2. The molecule has 7 nitrogen and oxygen atoms in total. The average Bonchev–Trinajstić information content (AvgIpc) is 3.22. The maximum atomic E-state index is 12.8. The number of nitrogens with one attached hydrogen (secondary N) is 2. The number of benzene rings is 2. The Hall–Kier alpha value is -3.61. The van der Waals surface area contributed by atoms with E-state index in [0.29, 0.717) is 17.4 Å². The van der Waals surface area contributed by atoms with E-state index in [0.717, 1.165) is 35.3 Å². The third-order valence-electron chi connectivity index (χ3n) is 4.75. The minimum atomic E-state index is -0.267. The number of hydrogen-bond donors (Lipinski definition) is 2. The first-order valence-electron chi connectivity index (χ1n) is 9.59. The first-order valence-corrected chi connectivity index (χ1v) is 9.59. The summed E-state index contributed by atoms with van der Waals surface area (Å²) in [6.07, 6.45) is 3.23. The lowest BCUT2D eigenvalue weighted by atomic mass is 10.0. The van der Waals surface area contributed by atoms with Gasteiger partial charge < -0.3 is 20.1 Å². The van der Waals surface area contributed by atoms with Crippen molar-refractivity contribution < 1.29 is 14.3 Å². The van der Waals surface area contributed by atoms with Crippen molar-refractivity contribution in [3.8, 4) is 11.5 Å². The number of anilines is 3. The summed E-state index contributed by atoms with van der Waals surface area (Å²) in [6, 6.07) is 13.1. The summed E-state index contributed by atoms with van der Waals surface area (Å²) < 4.78 is 10.7. The van der Waals surface area contributed by atoms with E-state index >= 15 is 0 Å². The molecule has 1 aliphatic rings. The normalized spacial score (nSPS) is 11.9. The first kappa shape index (κ1) is 18.7. The van der Waals surface area contributed by atoms with Crippen LogP contribution in [0.2, 0.25) is 0 Å². The Labute approximate surface area is 169 Å². The maximum absolute atomic E-state index is 12.8. The minimum Gasteiger partial charge on any atom is -0.454 e. The van der Waals surface area contributed by atoms with Crippen LogP contribution >= 0.6 is 0 Å². The summed E-state index contributed by atoms with van der Waals surface area (Å²) in [5, 5.41) is 6.13. The van der Waals surface area contributed by atoms with E-state index in [2.05, 4.69) is 34.4 Å². The van der Waals surface area contributed by atoms with E-state index in [-0.39, 0.29) is 18.4 Å². The second-order valence-corrected chi connectivity index (χ2v) is 6.57. The number of carbonyl (C=O) groups is 1. The van der Waals surface area contributed by atoms with Crippen LogP contribution in [0.15, 0.2) is 48.7 Å². The number of aromatic nitrogens is 2. The van der Waals surface area contributed by atoms with Crippen LogP contribution < -0.4 is 20.1 Å². The molecule has 0 unspecified atom stereocenters. The molecule has 2 heterocycles. The number of hydrogen-bond acceptors (Lipinski definition) is 6. The summed E-state index contributed by atoms with van der Waals surface area (Å²) in [6.45, 7) is 4.36. The molecular weight excluding hydrogens is 368 g/mol. The molecule has 1 amide bonds. The molecule has 0 saturated carbocycles. The number of nitrogens with zero attached hydrogens (tertiary/aromatic N) is 2. The number of ether oxygens (including phenoxy) is 2. The molecule has 29 heavy (non-hydrogen) atoms. The second-order valence-electron chi connectivity index (χ2n) is 6.57. The highest BCUT2D eigenvalue weighted by Crippen LogP contribution is 2.34. The van der Waals surface area contributed by atoms with Gasteiger partial charge >= 0.3 is 0 Å². The van der Waals surface area contributed by atoms with Gasteiger partial charge in [-0.2, -0.15) is 0 Å².